The molecule has 2 N–H and O–H groups in total. The smallest absolute Gasteiger partial charge is 0.123 e. The topological polar surface area (TPSA) is 26.0 Å². The van der Waals surface area contributed by atoms with Gasteiger partial charge < -0.3 is 5.73 Å². The molecule has 0 heterocycles. The number of rotatable bonds is 5. The molecule has 0 spiro atoms. The molecule has 0 fully saturated rings. The second kappa shape index (κ2) is 7.00. The van der Waals surface area contributed by atoms with E-state index in [1.165, 1.54) is 11.6 Å². The van der Waals surface area contributed by atoms with Crippen molar-refractivity contribution in [3.63, 3.8) is 0 Å². The molecule has 0 radical (unpaired) electrons. The molecule has 106 valence electrons. The minimum absolute atomic E-state index is 0.178. The van der Waals surface area contributed by atoms with Gasteiger partial charge in [0.15, 0.2) is 0 Å². The lowest BCUT2D eigenvalue weighted by Gasteiger charge is -2.17. The van der Waals surface area contributed by atoms with E-state index in [9.17, 15) is 4.39 Å². The summed E-state index contributed by atoms with van der Waals surface area (Å²) in [4.78, 5) is 0. The first kappa shape index (κ1) is 15.2. The van der Waals surface area contributed by atoms with Crippen LogP contribution < -0.4 is 5.73 Å². The molecule has 0 aromatic heterocycles. The molecular formula is C17H19BrFN. The van der Waals surface area contributed by atoms with Crippen LogP contribution in [0.3, 0.4) is 0 Å². The average molecular weight is 336 g/mol. The second-order valence-electron chi connectivity index (χ2n) is 5.17. The van der Waals surface area contributed by atoms with Crippen LogP contribution in [-0.2, 0) is 12.8 Å². The lowest BCUT2D eigenvalue weighted by atomic mass is 9.91. The molecule has 3 heteroatoms. The van der Waals surface area contributed by atoms with Gasteiger partial charge in [0.05, 0.1) is 0 Å². The van der Waals surface area contributed by atoms with E-state index in [1.54, 1.807) is 6.07 Å². The van der Waals surface area contributed by atoms with E-state index in [0.29, 0.717) is 12.5 Å². The summed E-state index contributed by atoms with van der Waals surface area (Å²) in [6.07, 6.45) is 1.70. The van der Waals surface area contributed by atoms with Crippen molar-refractivity contribution in [1.29, 1.82) is 0 Å². The quantitative estimate of drug-likeness (QED) is 0.868. The maximum absolute atomic E-state index is 13.4. The van der Waals surface area contributed by atoms with Crippen LogP contribution >= 0.6 is 15.9 Å². The predicted octanol–water partition coefficient (Wildman–Crippen LogP) is 4.26. The summed E-state index contributed by atoms with van der Waals surface area (Å²) in [6, 6.07) is 13.1. The number of hydrogen-bond acceptors (Lipinski definition) is 1. The molecule has 2 aromatic rings. The van der Waals surface area contributed by atoms with Crippen LogP contribution in [0, 0.1) is 18.7 Å². The molecule has 2 aromatic carbocycles. The summed E-state index contributed by atoms with van der Waals surface area (Å²) in [5.74, 6) is 0.136. The van der Waals surface area contributed by atoms with Crippen LogP contribution in [0.25, 0.3) is 0 Å². The van der Waals surface area contributed by atoms with E-state index in [1.807, 2.05) is 31.2 Å². The van der Waals surface area contributed by atoms with Gasteiger partial charge in [-0.05, 0) is 67.1 Å². The van der Waals surface area contributed by atoms with Crippen molar-refractivity contribution in [3.05, 3.63) is 69.4 Å². The Hall–Kier alpha value is -1.19. The van der Waals surface area contributed by atoms with Crippen LogP contribution in [0.5, 0.6) is 0 Å². The Bertz CT molecular complexity index is 583. The van der Waals surface area contributed by atoms with Crippen LogP contribution in [0.2, 0.25) is 0 Å². The molecule has 0 bridgehead atoms. The number of nitrogens with two attached hydrogens (primary N) is 1. The summed E-state index contributed by atoms with van der Waals surface area (Å²) in [5, 5.41) is 0. The third-order valence-electron chi connectivity index (χ3n) is 3.62. The molecular weight excluding hydrogens is 317 g/mol. The van der Waals surface area contributed by atoms with E-state index in [-0.39, 0.29) is 5.82 Å². The Labute approximate surface area is 128 Å². The van der Waals surface area contributed by atoms with Crippen molar-refractivity contribution >= 4 is 15.9 Å². The van der Waals surface area contributed by atoms with Gasteiger partial charge >= 0.3 is 0 Å². The zero-order valence-electron chi connectivity index (χ0n) is 11.6. The number of benzene rings is 2. The van der Waals surface area contributed by atoms with Gasteiger partial charge in [-0.3, -0.25) is 0 Å². The molecule has 20 heavy (non-hydrogen) atoms. The molecule has 1 atom stereocenters. The Balaban J connectivity index is 2.13. The zero-order valence-corrected chi connectivity index (χ0v) is 13.2. The van der Waals surface area contributed by atoms with E-state index in [0.717, 1.165) is 28.4 Å². The Morgan fingerprint density at radius 3 is 2.50 bits per heavy atom. The Morgan fingerprint density at radius 1 is 1.10 bits per heavy atom. The minimum atomic E-state index is -0.178. The molecule has 0 aliphatic carbocycles. The molecule has 1 unspecified atom stereocenters. The molecule has 2 rings (SSSR count). The maximum Gasteiger partial charge on any atom is 0.123 e. The minimum Gasteiger partial charge on any atom is -0.330 e. The number of aryl methyl sites for hydroxylation is 1. The SMILES string of the molecule is Cc1ccc(F)cc1CC(CN)Cc1ccccc1Br. The van der Waals surface area contributed by atoms with Gasteiger partial charge in [-0.25, -0.2) is 4.39 Å². The van der Waals surface area contributed by atoms with Crippen molar-refractivity contribution < 1.29 is 4.39 Å². The predicted molar refractivity (Wildman–Crippen MR) is 85.2 cm³/mol. The fourth-order valence-corrected chi connectivity index (χ4v) is 2.83. The Morgan fingerprint density at radius 2 is 1.80 bits per heavy atom. The fraction of sp³-hybridized carbons (Fsp3) is 0.294. The van der Waals surface area contributed by atoms with Crippen molar-refractivity contribution in [2.45, 2.75) is 19.8 Å². The summed E-state index contributed by atoms with van der Waals surface area (Å²) >= 11 is 3.56. The highest BCUT2D eigenvalue weighted by molar-refractivity contribution is 9.10. The summed E-state index contributed by atoms with van der Waals surface area (Å²) < 4.78 is 14.5. The second-order valence-corrected chi connectivity index (χ2v) is 6.03. The molecule has 1 nitrogen and oxygen atoms in total. The van der Waals surface area contributed by atoms with Gasteiger partial charge in [-0.2, -0.15) is 0 Å². The van der Waals surface area contributed by atoms with E-state index >= 15 is 0 Å². The largest absolute Gasteiger partial charge is 0.330 e. The lowest BCUT2D eigenvalue weighted by Crippen LogP contribution is -2.20. The fourth-order valence-electron chi connectivity index (χ4n) is 2.38. The van der Waals surface area contributed by atoms with Crippen molar-refractivity contribution in [1.82, 2.24) is 0 Å². The number of halogens is 2. The molecule has 0 amide bonds. The summed E-state index contributed by atoms with van der Waals surface area (Å²) in [6.45, 7) is 2.61. The molecule has 0 aliphatic heterocycles. The van der Waals surface area contributed by atoms with Crippen LogP contribution in [0.15, 0.2) is 46.9 Å². The van der Waals surface area contributed by atoms with E-state index in [4.69, 9.17) is 5.73 Å². The lowest BCUT2D eigenvalue weighted by molar-refractivity contribution is 0.528. The highest BCUT2D eigenvalue weighted by Crippen LogP contribution is 2.22. The highest BCUT2D eigenvalue weighted by atomic mass is 79.9. The van der Waals surface area contributed by atoms with Crippen molar-refractivity contribution in [3.8, 4) is 0 Å². The summed E-state index contributed by atoms with van der Waals surface area (Å²) in [7, 11) is 0. The number of hydrogen-bond donors (Lipinski definition) is 1. The molecule has 0 aliphatic rings. The molecule has 0 saturated heterocycles. The first-order chi connectivity index (χ1) is 9.60. The third kappa shape index (κ3) is 3.90. The average Bonchev–Trinajstić information content (AvgIpc) is 2.44. The first-order valence-corrected chi connectivity index (χ1v) is 7.58. The summed E-state index contributed by atoms with van der Waals surface area (Å²) in [5.41, 5.74) is 9.32. The van der Waals surface area contributed by atoms with E-state index in [2.05, 4.69) is 22.0 Å². The van der Waals surface area contributed by atoms with Gasteiger partial charge in [0.2, 0.25) is 0 Å². The van der Waals surface area contributed by atoms with Gasteiger partial charge in [-0.15, -0.1) is 0 Å². The van der Waals surface area contributed by atoms with Crippen LogP contribution in [0.1, 0.15) is 16.7 Å². The Kier molecular flexibility index (Phi) is 5.32. The third-order valence-corrected chi connectivity index (χ3v) is 4.39. The van der Waals surface area contributed by atoms with Crippen LogP contribution in [0.4, 0.5) is 4.39 Å². The molecule has 0 saturated carbocycles. The highest BCUT2D eigenvalue weighted by Gasteiger charge is 2.12. The van der Waals surface area contributed by atoms with Gasteiger partial charge in [0, 0.05) is 4.47 Å². The normalized spacial score (nSPS) is 12.4. The van der Waals surface area contributed by atoms with Crippen molar-refractivity contribution in [2.24, 2.45) is 11.7 Å². The van der Waals surface area contributed by atoms with Crippen molar-refractivity contribution in [2.75, 3.05) is 6.54 Å². The van der Waals surface area contributed by atoms with Crippen LogP contribution in [-0.4, -0.2) is 6.54 Å². The monoisotopic (exact) mass is 335 g/mol. The van der Waals surface area contributed by atoms with E-state index < -0.39 is 0 Å². The maximum atomic E-state index is 13.4. The zero-order chi connectivity index (χ0) is 14.5. The first-order valence-electron chi connectivity index (χ1n) is 6.78. The van der Waals surface area contributed by atoms with Gasteiger partial charge in [0.1, 0.15) is 5.82 Å². The van der Waals surface area contributed by atoms with Gasteiger partial charge in [-0.1, -0.05) is 40.2 Å². The standard InChI is InChI=1S/C17H19BrFN/c1-12-6-7-16(19)10-15(12)9-13(11-20)8-14-4-2-3-5-17(14)18/h2-7,10,13H,8-9,11,20H2,1H3. The van der Waals surface area contributed by atoms with Gasteiger partial charge in [0.25, 0.3) is 0 Å².